The van der Waals surface area contributed by atoms with Gasteiger partial charge >= 0.3 is 0 Å². The lowest BCUT2D eigenvalue weighted by molar-refractivity contribution is 0.397. The molecule has 2 N–H and O–H groups in total. The van der Waals surface area contributed by atoms with Crippen molar-refractivity contribution in [2.45, 2.75) is 0 Å². The molecule has 0 aliphatic carbocycles. The Morgan fingerprint density at radius 3 is 2.43 bits per heavy atom. The number of nitriles is 2. The molecule has 0 fully saturated rings. The van der Waals surface area contributed by atoms with Crippen molar-refractivity contribution in [2.75, 3.05) is 12.8 Å². The molecule has 7 heteroatoms. The Hall–Kier alpha value is -2.47. The van der Waals surface area contributed by atoms with Gasteiger partial charge in [0.2, 0.25) is 5.88 Å². The highest BCUT2D eigenvalue weighted by atomic mass is 35.5. The van der Waals surface area contributed by atoms with Crippen molar-refractivity contribution < 1.29 is 4.74 Å². The van der Waals surface area contributed by atoms with E-state index >= 15 is 0 Å². The molecular formula is C14H8Cl2N4O. The van der Waals surface area contributed by atoms with Gasteiger partial charge in [0.05, 0.1) is 17.2 Å². The molecule has 2 aromatic rings. The SMILES string of the molecule is COc1nc(N)c(C#N)c(-c2cccc(Cl)c2Cl)c1C#N. The summed E-state index contributed by atoms with van der Waals surface area (Å²) in [7, 11) is 1.36. The highest BCUT2D eigenvalue weighted by molar-refractivity contribution is 6.43. The van der Waals surface area contributed by atoms with Gasteiger partial charge in [0.1, 0.15) is 29.1 Å². The summed E-state index contributed by atoms with van der Waals surface area (Å²) in [6.45, 7) is 0. The maximum Gasteiger partial charge on any atom is 0.234 e. The number of hydrogen-bond donors (Lipinski definition) is 1. The van der Waals surface area contributed by atoms with Crippen LogP contribution in [-0.4, -0.2) is 12.1 Å². The van der Waals surface area contributed by atoms with Gasteiger partial charge in [-0.25, -0.2) is 0 Å². The third kappa shape index (κ3) is 2.45. The van der Waals surface area contributed by atoms with Crippen LogP contribution in [-0.2, 0) is 0 Å². The van der Waals surface area contributed by atoms with Gasteiger partial charge in [-0.2, -0.15) is 15.5 Å². The Morgan fingerprint density at radius 1 is 1.19 bits per heavy atom. The molecule has 5 nitrogen and oxygen atoms in total. The molecule has 1 aromatic carbocycles. The van der Waals surface area contributed by atoms with E-state index in [9.17, 15) is 10.5 Å². The molecule has 104 valence electrons. The minimum Gasteiger partial charge on any atom is -0.480 e. The zero-order valence-electron chi connectivity index (χ0n) is 10.8. The number of nitrogen functional groups attached to an aromatic ring is 1. The monoisotopic (exact) mass is 318 g/mol. The number of ether oxygens (including phenoxy) is 1. The van der Waals surface area contributed by atoms with Crippen LogP contribution in [0.25, 0.3) is 11.1 Å². The topological polar surface area (TPSA) is 95.7 Å². The number of aromatic nitrogens is 1. The minimum atomic E-state index is -0.0422. The predicted octanol–water partition coefficient (Wildman–Crippen LogP) is 3.39. The summed E-state index contributed by atoms with van der Waals surface area (Å²) in [6.07, 6.45) is 0. The van der Waals surface area contributed by atoms with E-state index in [0.717, 1.165) is 0 Å². The summed E-state index contributed by atoms with van der Waals surface area (Å²) in [4.78, 5) is 3.91. The van der Waals surface area contributed by atoms with E-state index in [1.54, 1.807) is 18.2 Å². The first-order chi connectivity index (χ1) is 10.0. The summed E-state index contributed by atoms with van der Waals surface area (Å²) in [6, 6.07) is 8.81. The Morgan fingerprint density at radius 2 is 1.86 bits per heavy atom. The summed E-state index contributed by atoms with van der Waals surface area (Å²) >= 11 is 12.2. The zero-order valence-corrected chi connectivity index (χ0v) is 12.3. The standard InChI is InChI=1S/C14H8Cl2N4O/c1-21-14-9(6-18)11(8(5-17)13(19)20-14)7-3-2-4-10(15)12(7)16/h2-4H,1H3,(H2,19,20). The Kier molecular flexibility index (Phi) is 4.18. The molecule has 0 saturated heterocycles. The number of benzene rings is 1. The molecule has 1 heterocycles. The van der Waals surface area contributed by atoms with Crippen LogP contribution >= 0.6 is 23.2 Å². The number of nitrogens with two attached hydrogens (primary N) is 1. The zero-order chi connectivity index (χ0) is 15.6. The fraction of sp³-hybridized carbons (Fsp3) is 0.0714. The van der Waals surface area contributed by atoms with Crippen molar-refractivity contribution in [1.82, 2.24) is 4.98 Å². The molecule has 0 aliphatic heterocycles. The van der Waals surface area contributed by atoms with Gasteiger partial charge in [-0.15, -0.1) is 0 Å². The first kappa shape index (κ1) is 14.9. The second-order valence-electron chi connectivity index (χ2n) is 3.96. The molecule has 0 atom stereocenters. The first-order valence-corrected chi connectivity index (χ1v) is 6.42. The third-order valence-electron chi connectivity index (χ3n) is 2.83. The van der Waals surface area contributed by atoms with Crippen molar-refractivity contribution in [2.24, 2.45) is 0 Å². The lowest BCUT2D eigenvalue weighted by Crippen LogP contribution is -2.04. The molecule has 0 saturated carbocycles. The summed E-state index contributed by atoms with van der Waals surface area (Å²) < 4.78 is 5.05. The van der Waals surface area contributed by atoms with Crippen LogP contribution in [0, 0.1) is 22.7 Å². The van der Waals surface area contributed by atoms with E-state index in [4.69, 9.17) is 33.7 Å². The first-order valence-electron chi connectivity index (χ1n) is 5.67. The minimum absolute atomic E-state index is 0.0278. The number of nitrogens with zero attached hydrogens (tertiary/aromatic N) is 3. The number of rotatable bonds is 2. The van der Waals surface area contributed by atoms with Gasteiger partial charge in [-0.3, -0.25) is 0 Å². The van der Waals surface area contributed by atoms with Crippen molar-refractivity contribution in [3.05, 3.63) is 39.4 Å². The quantitative estimate of drug-likeness (QED) is 0.915. The van der Waals surface area contributed by atoms with Crippen molar-refractivity contribution in [1.29, 1.82) is 10.5 Å². The number of methoxy groups -OCH3 is 1. The highest BCUT2D eigenvalue weighted by Crippen LogP contribution is 2.40. The number of anilines is 1. The lowest BCUT2D eigenvalue weighted by Gasteiger charge is -2.13. The van der Waals surface area contributed by atoms with Crippen LogP contribution in [0.5, 0.6) is 5.88 Å². The molecule has 0 amide bonds. The van der Waals surface area contributed by atoms with Gasteiger partial charge in [-0.1, -0.05) is 35.3 Å². The molecule has 2 rings (SSSR count). The number of hydrogen-bond acceptors (Lipinski definition) is 5. The largest absolute Gasteiger partial charge is 0.480 e. The van der Waals surface area contributed by atoms with Crippen LogP contribution in [0.1, 0.15) is 11.1 Å². The van der Waals surface area contributed by atoms with Crippen molar-refractivity contribution in [3.63, 3.8) is 0 Å². The smallest absolute Gasteiger partial charge is 0.234 e. The molecular weight excluding hydrogens is 311 g/mol. The van der Waals surface area contributed by atoms with Crippen molar-refractivity contribution >= 4 is 29.0 Å². The lowest BCUT2D eigenvalue weighted by atomic mass is 9.96. The van der Waals surface area contributed by atoms with E-state index in [1.807, 2.05) is 12.1 Å². The fourth-order valence-corrected chi connectivity index (χ4v) is 2.31. The Balaban J connectivity index is 2.97. The average molecular weight is 319 g/mol. The average Bonchev–Trinajstić information content (AvgIpc) is 2.49. The van der Waals surface area contributed by atoms with E-state index in [1.165, 1.54) is 7.11 Å². The van der Waals surface area contributed by atoms with E-state index in [2.05, 4.69) is 4.98 Å². The summed E-state index contributed by atoms with van der Waals surface area (Å²) in [5.41, 5.74) is 6.57. The van der Waals surface area contributed by atoms with Crippen LogP contribution in [0.15, 0.2) is 18.2 Å². The van der Waals surface area contributed by atoms with Crippen molar-refractivity contribution in [3.8, 4) is 29.1 Å². The maximum atomic E-state index is 9.37. The van der Waals surface area contributed by atoms with Gasteiger partial charge in [0, 0.05) is 11.1 Å². The van der Waals surface area contributed by atoms with Gasteiger partial charge in [-0.05, 0) is 6.07 Å². The van der Waals surface area contributed by atoms with Crippen LogP contribution < -0.4 is 10.5 Å². The molecule has 0 aliphatic rings. The molecule has 0 radical (unpaired) electrons. The summed E-state index contributed by atoms with van der Waals surface area (Å²) in [5, 5.41) is 19.2. The number of halogens is 2. The molecule has 0 bridgehead atoms. The van der Waals surface area contributed by atoms with Gasteiger partial charge < -0.3 is 10.5 Å². The van der Waals surface area contributed by atoms with Crippen LogP contribution in [0.2, 0.25) is 10.0 Å². The fourth-order valence-electron chi connectivity index (χ4n) is 1.91. The molecule has 1 aromatic heterocycles. The molecule has 21 heavy (non-hydrogen) atoms. The second-order valence-corrected chi connectivity index (χ2v) is 4.74. The Labute approximate surface area is 131 Å². The van der Waals surface area contributed by atoms with E-state index < -0.39 is 0 Å². The van der Waals surface area contributed by atoms with E-state index in [-0.39, 0.29) is 33.4 Å². The van der Waals surface area contributed by atoms with Crippen LogP contribution in [0.3, 0.4) is 0 Å². The van der Waals surface area contributed by atoms with Gasteiger partial charge in [0.25, 0.3) is 0 Å². The number of pyridine rings is 1. The molecule has 0 unspecified atom stereocenters. The predicted molar refractivity (Wildman–Crippen MR) is 80.1 cm³/mol. The second kappa shape index (κ2) is 5.88. The van der Waals surface area contributed by atoms with Gasteiger partial charge in [0.15, 0.2) is 0 Å². The normalized spacial score (nSPS) is 9.76. The third-order valence-corrected chi connectivity index (χ3v) is 3.65. The molecule has 0 spiro atoms. The van der Waals surface area contributed by atoms with E-state index in [0.29, 0.717) is 10.6 Å². The Bertz CT molecular complexity index is 806. The van der Waals surface area contributed by atoms with Crippen LogP contribution in [0.4, 0.5) is 5.82 Å². The highest BCUT2D eigenvalue weighted by Gasteiger charge is 2.22. The summed E-state index contributed by atoms with van der Waals surface area (Å²) in [5.74, 6) is -0.0144. The maximum absolute atomic E-state index is 9.37.